The maximum Gasteiger partial charge on any atom is 0.373 e. The topological polar surface area (TPSA) is 71.4 Å². The molecule has 0 amide bonds. The van der Waals surface area contributed by atoms with E-state index in [4.69, 9.17) is 4.55 Å². The standard InChI is InChI=1S/C8HF6O4S/c9-4-2(1-15)3(8(12,13)14)5(10)7(6(4)11)19(16,17)18/h(H,16,17,18)/q-1. The van der Waals surface area contributed by atoms with E-state index >= 15 is 0 Å². The number of hydrogen-bond acceptors (Lipinski definition) is 3. The highest BCUT2D eigenvalue weighted by molar-refractivity contribution is 7.85. The lowest BCUT2D eigenvalue weighted by Gasteiger charge is -2.21. The smallest absolute Gasteiger partial charge is 0.373 e. The monoisotopic (exact) mass is 307 g/mol. The Balaban J connectivity index is 4.05. The lowest BCUT2D eigenvalue weighted by molar-refractivity contribution is -0.140. The van der Waals surface area contributed by atoms with Crippen LogP contribution in [0.4, 0.5) is 26.3 Å². The van der Waals surface area contributed by atoms with E-state index in [1.165, 1.54) is 0 Å². The average Bonchev–Trinajstić information content (AvgIpc) is 2.19. The molecule has 0 aliphatic heterocycles. The van der Waals surface area contributed by atoms with E-state index in [-0.39, 0.29) is 0 Å². The van der Waals surface area contributed by atoms with Gasteiger partial charge in [-0.25, -0.2) is 8.78 Å². The third-order valence-corrected chi connectivity index (χ3v) is 2.80. The first-order chi connectivity index (χ1) is 8.42. The molecule has 0 atom stereocenters. The Kier molecular flexibility index (Phi) is 3.65. The molecule has 0 spiro atoms. The first-order valence-electron chi connectivity index (χ1n) is 4.06. The minimum Gasteiger partial charge on any atom is -0.376 e. The Morgan fingerprint density at radius 3 is 1.79 bits per heavy atom. The molecule has 0 unspecified atom stereocenters. The zero-order valence-electron chi connectivity index (χ0n) is 8.35. The van der Waals surface area contributed by atoms with E-state index < -0.39 is 49.8 Å². The van der Waals surface area contributed by atoms with Gasteiger partial charge in [-0.15, -0.1) is 0 Å². The van der Waals surface area contributed by atoms with Crippen molar-refractivity contribution >= 4 is 16.4 Å². The maximum absolute atomic E-state index is 13.3. The van der Waals surface area contributed by atoms with Gasteiger partial charge in [0.1, 0.15) is 16.5 Å². The quantitative estimate of drug-likeness (QED) is 0.391. The fourth-order valence-electron chi connectivity index (χ4n) is 1.23. The summed E-state index contributed by atoms with van der Waals surface area (Å²) < 4.78 is 106. The van der Waals surface area contributed by atoms with E-state index in [1.54, 1.807) is 0 Å². The number of rotatable bonds is 2. The van der Waals surface area contributed by atoms with Crippen LogP contribution in [0, 0.1) is 17.5 Å². The summed E-state index contributed by atoms with van der Waals surface area (Å²) in [6.45, 7) is 0. The first-order valence-corrected chi connectivity index (χ1v) is 5.50. The molecule has 0 saturated carbocycles. The molecule has 0 radical (unpaired) electrons. The Morgan fingerprint density at radius 1 is 1.00 bits per heavy atom. The number of hydrogen-bond donors (Lipinski definition) is 1. The Hall–Kier alpha value is -1.62. The van der Waals surface area contributed by atoms with Crippen LogP contribution in [0.3, 0.4) is 0 Å². The number of alkyl halides is 3. The van der Waals surface area contributed by atoms with Gasteiger partial charge in [0.05, 0.1) is 12.1 Å². The zero-order chi connectivity index (χ0) is 15.2. The molecule has 0 fully saturated rings. The third-order valence-electron chi connectivity index (χ3n) is 1.92. The molecule has 1 aromatic rings. The molecule has 4 nitrogen and oxygen atoms in total. The van der Waals surface area contributed by atoms with Gasteiger partial charge >= 0.3 is 6.18 Å². The van der Waals surface area contributed by atoms with Gasteiger partial charge in [-0.1, -0.05) is 5.56 Å². The van der Waals surface area contributed by atoms with Gasteiger partial charge in [-0.3, -0.25) is 8.94 Å². The summed E-state index contributed by atoms with van der Waals surface area (Å²) in [6.07, 6.45) is -5.37. The van der Waals surface area contributed by atoms with Crippen LogP contribution in [-0.4, -0.2) is 19.3 Å². The predicted molar refractivity (Wildman–Crippen MR) is 45.9 cm³/mol. The van der Waals surface area contributed by atoms with Gasteiger partial charge in [0.15, 0.2) is 0 Å². The number of carbonyl (C=O) groups excluding carboxylic acids is 1. The summed E-state index contributed by atoms with van der Waals surface area (Å²) in [5, 5.41) is 0. The lowest BCUT2D eigenvalue weighted by atomic mass is 10.1. The molecule has 0 aromatic heterocycles. The van der Waals surface area contributed by atoms with Crippen molar-refractivity contribution in [2.45, 2.75) is 11.1 Å². The molecule has 19 heavy (non-hydrogen) atoms. The molecule has 1 rings (SSSR count). The molecule has 0 bridgehead atoms. The summed E-state index contributed by atoms with van der Waals surface area (Å²) in [6, 6.07) is 0. The first kappa shape index (κ1) is 15.4. The van der Waals surface area contributed by atoms with Gasteiger partial charge in [0.2, 0.25) is 0 Å². The molecule has 0 heterocycles. The summed E-state index contributed by atoms with van der Waals surface area (Å²) >= 11 is 0. The highest BCUT2D eigenvalue weighted by Gasteiger charge is 2.37. The third kappa shape index (κ3) is 2.56. The minimum absolute atomic E-state index is 0.329. The van der Waals surface area contributed by atoms with Crippen molar-refractivity contribution in [3.63, 3.8) is 0 Å². The molecule has 0 saturated heterocycles. The van der Waals surface area contributed by atoms with Crippen LogP contribution in [0.5, 0.6) is 0 Å². The number of benzene rings is 1. The second-order valence-electron chi connectivity index (χ2n) is 3.10. The summed E-state index contributed by atoms with van der Waals surface area (Å²) in [7, 11) is -5.81. The van der Waals surface area contributed by atoms with Gasteiger partial charge in [-0.2, -0.15) is 21.6 Å². The van der Waals surface area contributed by atoms with E-state index in [1.807, 2.05) is 0 Å². The SMILES string of the molecule is O=[C-]c1c(F)c(F)c(S(=O)(=O)O)c(F)c1C(F)(F)F. The predicted octanol–water partition coefficient (Wildman–Crippen LogP) is 1.83. The van der Waals surface area contributed by atoms with E-state index in [9.17, 15) is 39.6 Å². The summed E-state index contributed by atoms with van der Waals surface area (Å²) in [4.78, 5) is 7.62. The second kappa shape index (κ2) is 4.49. The fourth-order valence-corrected chi connectivity index (χ4v) is 1.87. The van der Waals surface area contributed by atoms with Crippen molar-refractivity contribution in [1.29, 1.82) is 0 Å². The second-order valence-corrected chi connectivity index (χ2v) is 4.45. The largest absolute Gasteiger partial charge is 0.376 e. The van der Waals surface area contributed by atoms with Gasteiger partial charge in [0.25, 0.3) is 10.1 Å². The van der Waals surface area contributed by atoms with Gasteiger partial charge in [-0.05, 0) is 5.56 Å². The van der Waals surface area contributed by atoms with Crippen LogP contribution in [0.1, 0.15) is 11.1 Å². The van der Waals surface area contributed by atoms with Crippen LogP contribution in [0.2, 0.25) is 0 Å². The lowest BCUT2D eigenvalue weighted by Crippen LogP contribution is -2.19. The van der Waals surface area contributed by atoms with E-state index in [2.05, 4.69) is 0 Å². The van der Waals surface area contributed by atoms with Crippen molar-refractivity contribution in [2.75, 3.05) is 0 Å². The molecular formula is C8HF6O4S-. The number of halogens is 6. The molecular weight excluding hydrogens is 306 g/mol. The minimum atomic E-state index is -5.81. The fraction of sp³-hybridized carbons (Fsp3) is 0.125. The summed E-state index contributed by atoms with van der Waals surface area (Å²) in [5.74, 6) is -8.06. The van der Waals surface area contributed by atoms with Crippen molar-refractivity contribution < 1.29 is 44.1 Å². The molecule has 106 valence electrons. The van der Waals surface area contributed by atoms with Crippen molar-refractivity contribution in [2.24, 2.45) is 0 Å². The van der Waals surface area contributed by atoms with Crippen molar-refractivity contribution in [1.82, 2.24) is 0 Å². The highest BCUT2D eigenvalue weighted by Crippen LogP contribution is 2.38. The van der Waals surface area contributed by atoms with Crippen molar-refractivity contribution in [3.05, 3.63) is 28.6 Å². The zero-order valence-corrected chi connectivity index (χ0v) is 9.16. The molecule has 11 heteroatoms. The van der Waals surface area contributed by atoms with Crippen LogP contribution in [0.15, 0.2) is 4.90 Å². The van der Waals surface area contributed by atoms with E-state index in [0.717, 1.165) is 0 Å². The van der Waals surface area contributed by atoms with Crippen LogP contribution < -0.4 is 0 Å². The summed E-state index contributed by atoms with van der Waals surface area (Å²) in [5.41, 5.74) is -4.83. The Labute approximate surface area is 101 Å². The Morgan fingerprint density at radius 2 is 1.47 bits per heavy atom. The molecule has 0 aliphatic rings. The molecule has 0 aliphatic carbocycles. The van der Waals surface area contributed by atoms with Crippen LogP contribution >= 0.6 is 0 Å². The van der Waals surface area contributed by atoms with E-state index in [0.29, 0.717) is 6.29 Å². The molecule has 1 aromatic carbocycles. The highest BCUT2D eigenvalue weighted by atomic mass is 32.2. The normalized spacial score (nSPS) is 12.6. The average molecular weight is 307 g/mol. The molecule has 1 N–H and O–H groups in total. The van der Waals surface area contributed by atoms with Gasteiger partial charge < -0.3 is 4.79 Å². The van der Waals surface area contributed by atoms with Gasteiger partial charge in [0, 0.05) is 0 Å². The Bertz CT molecular complexity index is 648. The maximum atomic E-state index is 13.3. The van der Waals surface area contributed by atoms with Crippen LogP contribution in [0.25, 0.3) is 0 Å². The van der Waals surface area contributed by atoms with Crippen LogP contribution in [-0.2, 0) is 21.1 Å². The van der Waals surface area contributed by atoms with Crippen molar-refractivity contribution in [3.8, 4) is 0 Å².